The van der Waals surface area contributed by atoms with Crippen LogP contribution in [0.15, 0.2) is 77.1 Å². The van der Waals surface area contributed by atoms with Crippen LogP contribution in [-0.4, -0.2) is 38.8 Å². The molecule has 3 amide bonds. The van der Waals surface area contributed by atoms with Crippen molar-refractivity contribution in [3.05, 3.63) is 98.7 Å². The summed E-state index contributed by atoms with van der Waals surface area (Å²) in [4.78, 5) is 53.5. The molecular formula is C29H25N3O4S2. The van der Waals surface area contributed by atoms with Gasteiger partial charge in [-0.05, 0) is 41.3 Å². The second-order valence-corrected chi connectivity index (χ2v) is 10.8. The van der Waals surface area contributed by atoms with Crippen molar-refractivity contribution in [3.8, 4) is 0 Å². The zero-order chi connectivity index (χ0) is 26.6. The number of carbonyl (C=O) groups is 4. The van der Waals surface area contributed by atoms with E-state index in [9.17, 15) is 19.2 Å². The summed E-state index contributed by atoms with van der Waals surface area (Å²) < 4.78 is 1.90. The van der Waals surface area contributed by atoms with Crippen LogP contribution in [0.1, 0.15) is 33.3 Å². The number of ketones is 1. The number of thiophene rings is 1. The van der Waals surface area contributed by atoms with E-state index in [4.69, 9.17) is 0 Å². The highest BCUT2D eigenvalue weighted by molar-refractivity contribution is 8.18. The first kappa shape index (κ1) is 25.7. The van der Waals surface area contributed by atoms with Crippen LogP contribution in [0.3, 0.4) is 0 Å². The van der Waals surface area contributed by atoms with E-state index in [2.05, 4.69) is 12.2 Å². The molecule has 0 radical (unpaired) electrons. The highest BCUT2D eigenvalue weighted by atomic mass is 32.2. The van der Waals surface area contributed by atoms with Gasteiger partial charge in [-0.15, -0.1) is 11.3 Å². The number of aryl methyl sites for hydroxylation is 1. The van der Waals surface area contributed by atoms with Crippen molar-refractivity contribution in [2.75, 3.05) is 6.54 Å². The van der Waals surface area contributed by atoms with Gasteiger partial charge in [-0.25, -0.2) is 0 Å². The number of hydrogen-bond donors (Lipinski definition) is 1. The fourth-order valence-electron chi connectivity index (χ4n) is 4.44. The van der Waals surface area contributed by atoms with E-state index >= 15 is 0 Å². The quantitative estimate of drug-likeness (QED) is 0.222. The predicted octanol–water partition coefficient (Wildman–Crippen LogP) is 5.50. The predicted molar refractivity (Wildman–Crippen MR) is 151 cm³/mol. The Morgan fingerprint density at radius 2 is 1.79 bits per heavy atom. The summed E-state index contributed by atoms with van der Waals surface area (Å²) >= 11 is 2.41. The lowest BCUT2D eigenvalue weighted by molar-refractivity contribution is -0.123. The van der Waals surface area contributed by atoms with Gasteiger partial charge in [0.15, 0.2) is 5.78 Å². The average molecular weight is 544 g/mol. The number of amides is 3. The average Bonchev–Trinajstić information content (AvgIpc) is 3.64. The minimum absolute atomic E-state index is 0.118. The van der Waals surface area contributed by atoms with Gasteiger partial charge in [0.1, 0.15) is 6.54 Å². The molecule has 1 N–H and O–H groups in total. The van der Waals surface area contributed by atoms with Crippen LogP contribution in [0, 0.1) is 0 Å². The summed E-state index contributed by atoms with van der Waals surface area (Å²) in [5, 5.41) is 5.35. The van der Waals surface area contributed by atoms with Crippen LogP contribution >= 0.6 is 23.1 Å². The molecule has 1 aliphatic heterocycles. The summed E-state index contributed by atoms with van der Waals surface area (Å²) in [6.07, 6.45) is 4.30. The fourth-order valence-corrected chi connectivity index (χ4v) is 5.91. The Kier molecular flexibility index (Phi) is 7.57. The number of benzene rings is 2. The van der Waals surface area contributed by atoms with Crippen molar-refractivity contribution < 1.29 is 19.2 Å². The van der Waals surface area contributed by atoms with Crippen molar-refractivity contribution in [1.29, 1.82) is 0 Å². The number of Topliss-reactive ketones (excluding diaryl/α,β-unsaturated/α-hetero) is 1. The summed E-state index contributed by atoms with van der Waals surface area (Å²) in [5.41, 5.74) is 3.19. The Labute approximate surface area is 228 Å². The molecule has 1 fully saturated rings. The fraction of sp³-hybridized carbons (Fsp3) is 0.172. The molecular weight excluding hydrogens is 518 g/mol. The Bertz CT molecular complexity index is 1560. The monoisotopic (exact) mass is 543 g/mol. The zero-order valence-corrected chi connectivity index (χ0v) is 22.3. The molecule has 5 rings (SSSR count). The highest BCUT2D eigenvalue weighted by Gasteiger charge is 2.36. The first-order valence-electron chi connectivity index (χ1n) is 12.2. The van der Waals surface area contributed by atoms with Gasteiger partial charge in [0.25, 0.3) is 11.1 Å². The molecule has 2 aromatic carbocycles. The van der Waals surface area contributed by atoms with E-state index in [0.717, 1.165) is 50.0 Å². The molecule has 38 heavy (non-hydrogen) atoms. The molecule has 1 aliphatic rings. The number of hydrogen-bond acceptors (Lipinski definition) is 6. The number of imide groups is 1. The second-order valence-electron chi connectivity index (χ2n) is 8.79. The number of thioether (sulfide) groups is 1. The number of rotatable bonds is 9. The van der Waals surface area contributed by atoms with Crippen molar-refractivity contribution in [1.82, 2.24) is 14.8 Å². The molecule has 0 saturated carbocycles. The molecule has 0 unspecified atom stereocenters. The van der Waals surface area contributed by atoms with Crippen molar-refractivity contribution >= 4 is 62.9 Å². The molecule has 192 valence electrons. The lowest BCUT2D eigenvalue weighted by atomic mass is 10.1. The third-order valence-electron chi connectivity index (χ3n) is 6.31. The number of para-hydroxylation sites is 1. The number of aromatic nitrogens is 1. The minimum Gasteiger partial charge on any atom is -0.350 e. The van der Waals surface area contributed by atoms with E-state index in [0.29, 0.717) is 12.1 Å². The molecule has 0 bridgehead atoms. The van der Waals surface area contributed by atoms with Crippen LogP contribution in [0.4, 0.5) is 4.79 Å². The number of carbonyl (C=O) groups excluding carboxylic acids is 4. The first-order valence-corrected chi connectivity index (χ1v) is 13.9. The number of nitrogens with zero attached hydrogens (tertiary/aromatic N) is 2. The molecule has 0 aliphatic carbocycles. The van der Waals surface area contributed by atoms with Crippen LogP contribution in [-0.2, 0) is 29.1 Å². The van der Waals surface area contributed by atoms with Gasteiger partial charge in [0.2, 0.25) is 5.91 Å². The van der Waals surface area contributed by atoms with E-state index in [1.54, 1.807) is 47.7 Å². The molecule has 0 atom stereocenters. The molecule has 2 aromatic heterocycles. The Balaban J connectivity index is 1.40. The normalized spacial score (nSPS) is 14.6. The van der Waals surface area contributed by atoms with E-state index < -0.39 is 11.1 Å². The highest BCUT2D eigenvalue weighted by Crippen LogP contribution is 2.35. The summed E-state index contributed by atoms with van der Waals surface area (Å²) in [7, 11) is 0. The lowest BCUT2D eigenvalue weighted by Gasteiger charge is -2.11. The third kappa shape index (κ3) is 5.34. The van der Waals surface area contributed by atoms with Crippen molar-refractivity contribution in [2.45, 2.75) is 26.4 Å². The van der Waals surface area contributed by atoms with E-state index in [1.165, 1.54) is 0 Å². The van der Waals surface area contributed by atoms with Gasteiger partial charge in [0, 0.05) is 27.6 Å². The van der Waals surface area contributed by atoms with Crippen LogP contribution in [0.5, 0.6) is 0 Å². The summed E-state index contributed by atoms with van der Waals surface area (Å²) in [5.74, 6) is -0.912. The standard InChI is InChI=1S/C29H25N3O4S2/c1-2-19-10-6-12-23-21(16-31(27(19)23)18-26(34)30-15-22-11-7-13-37-22)14-25-28(35)32(29(36)38-25)17-24(33)20-8-4-3-5-9-20/h3-14,16H,2,15,17-18H2,1H3,(H,30,34)/b25-14-. The van der Waals surface area contributed by atoms with Crippen molar-refractivity contribution in [2.24, 2.45) is 0 Å². The lowest BCUT2D eigenvalue weighted by Crippen LogP contribution is -2.33. The Morgan fingerprint density at radius 3 is 2.53 bits per heavy atom. The molecule has 4 aromatic rings. The second kappa shape index (κ2) is 11.2. The molecule has 3 heterocycles. The SMILES string of the molecule is CCc1cccc2c(/C=C3\SC(=O)N(CC(=O)c4ccccc4)C3=O)cn(CC(=O)NCc3cccs3)c12. The maximum Gasteiger partial charge on any atom is 0.293 e. The minimum atomic E-state index is -0.495. The number of fused-ring (bicyclic) bond motifs is 1. The van der Waals surface area contributed by atoms with Gasteiger partial charge < -0.3 is 9.88 Å². The van der Waals surface area contributed by atoms with Crippen LogP contribution in [0.2, 0.25) is 0 Å². The third-order valence-corrected chi connectivity index (χ3v) is 8.09. The summed E-state index contributed by atoms with van der Waals surface area (Å²) in [6.45, 7) is 2.34. The van der Waals surface area contributed by atoms with Crippen molar-refractivity contribution in [3.63, 3.8) is 0 Å². The van der Waals surface area contributed by atoms with Gasteiger partial charge in [-0.2, -0.15) is 0 Å². The van der Waals surface area contributed by atoms with Crippen LogP contribution in [0.25, 0.3) is 17.0 Å². The van der Waals surface area contributed by atoms with Gasteiger partial charge >= 0.3 is 0 Å². The molecule has 0 spiro atoms. The van der Waals surface area contributed by atoms with Crippen LogP contribution < -0.4 is 5.32 Å². The zero-order valence-electron chi connectivity index (χ0n) is 20.7. The van der Waals surface area contributed by atoms with Gasteiger partial charge in [-0.3, -0.25) is 24.1 Å². The molecule has 1 saturated heterocycles. The maximum absolute atomic E-state index is 13.1. The maximum atomic E-state index is 13.1. The van der Waals surface area contributed by atoms with Gasteiger partial charge in [-0.1, -0.05) is 61.5 Å². The number of nitrogens with one attached hydrogen (secondary N) is 1. The first-order chi connectivity index (χ1) is 18.4. The smallest absolute Gasteiger partial charge is 0.293 e. The molecule has 9 heteroatoms. The van der Waals surface area contributed by atoms with E-state index in [-0.39, 0.29) is 29.7 Å². The topological polar surface area (TPSA) is 88.5 Å². The Hall–Kier alpha value is -3.95. The van der Waals surface area contributed by atoms with E-state index in [1.807, 2.05) is 46.5 Å². The Morgan fingerprint density at radius 1 is 0.974 bits per heavy atom. The molecule has 7 nitrogen and oxygen atoms in total. The summed E-state index contributed by atoms with van der Waals surface area (Å²) in [6, 6.07) is 18.4. The largest absolute Gasteiger partial charge is 0.350 e. The van der Waals surface area contributed by atoms with Gasteiger partial charge in [0.05, 0.1) is 23.5 Å².